The largest absolute Gasteiger partial charge is 0.508 e. The fraction of sp³-hybridized carbons (Fsp3) is 0.133. The average Bonchev–Trinajstić information content (AvgIpc) is 2.47. The Balaban J connectivity index is 1.66. The molecule has 2 amide bonds. The number of aromatic hydroxyl groups is 1. The van der Waals surface area contributed by atoms with Gasteiger partial charge in [-0.3, -0.25) is 0 Å². The zero-order chi connectivity index (χ0) is 14.2. The molecule has 0 radical (unpaired) electrons. The van der Waals surface area contributed by atoms with Crippen LogP contribution in [0.2, 0.25) is 0 Å². The molecule has 2 aromatic rings. The van der Waals surface area contributed by atoms with Crippen LogP contribution in [0.15, 0.2) is 54.6 Å². The third kappa shape index (κ3) is 4.53. The summed E-state index contributed by atoms with van der Waals surface area (Å²) < 4.78 is 5.45. The van der Waals surface area contributed by atoms with Gasteiger partial charge in [0.15, 0.2) is 0 Å². The molecule has 0 bridgehead atoms. The third-order valence-corrected chi connectivity index (χ3v) is 2.52. The number of phenols is 1. The minimum absolute atomic E-state index is 0.159. The average molecular weight is 272 g/mol. The molecule has 0 unspecified atom stereocenters. The van der Waals surface area contributed by atoms with E-state index < -0.39 is 0 Å². The van der Waals surface area contributed by atoms with Gasteiger partial charge in [0.2, 0.25) is 0 Å². The zero-order valence-corrected chi connectivity index (χ0v) is 10.9. The van der Waals surface area contributed by atoms with E-state index in [4.69, 9.17) is 9.84 Å². The SMILES string of the molecule is O=C(NCCOc1ccccc1)Nc1ccc(O)cc1. The maximum absolute atomic E-state index is 11.6. The van der Waals surface area contributed by atoms with E-state index in [-0.39, 0.29) is 11.8 Å². The molecule has 0 fully saturated rings. The van der Waals surface area contributed by atoms with E-state index in [1.807, 2.05) is 30.3 Å². The summed E-state index contributed by atoms with van der Waals surface area (Å²) in [5.41, 5.74) is 0.615. The molecular formula is C15H16N2O3. The van der Waals surface area contributed by atoms with Crippen molar-refractivity contribution >= 4 is 11.7 Å². The molecule has 5 heteroatoms. The number of carbonyl (C=O) groups excluding carboxylic acids is 1. The van der Waals surface area contributed by atoms with Crippen molar-refractivity contribution in [1.29, 1.82) is 0 Å². The molecule has 0 saturated heterocycles. The van der Waals surface area contributed by atoms with Crippen LogP contribution in [-0.4, -0.2) is 24.3 Å². The van der Waals surface area contributed by atoms with Crippen molar-refractivity contribution in [3.05, 3.63) is 54.6 Å². The van der Waals surface area contributed by atoms with Crippen LogP contribution in [0, 0.1) is 0 Å². The predicted molar refractivity (Wildman–Crippen MR) is 77.1 cm³/mol. The lowest BCUT2D eigenvalue weighted by atomic mass is 10.3. The van der Waals surface area contributed by atoms with Crippen molar-refractivity contribution in [2.75, 3.05) is 18.5 Å². The minimum Gasteiger partial charge on any atom is -0.508 e. The van der Waals surface area contributed by atoms with Gasteiger partial charge in [0, 0.05) is 5.69 Å². The molecule has 0 aliphatic heterocycles. The Bertz CT molecular complexity index is 541. The second kappa shape index (κ2) is 7.04. The Morgan fingerprint density at radius 2 is 1.75 bits per heavy atom. The van der Waals surface area contributed by atoms with Gasteiger partial charge in [-0.2, -0.15) is 0 Å². The maximum Gasteiger partial charge on any atom is 0.319 e. The van der Waals surface area contributed by atoms with Crippen LogP contribution in [-0.2, 0) is 0 Å². The first-order valence-electron chi connectivity index (χ1n) is 6.26. The highest BCUT2D eigenvalue weighted by Crippen LogP contribution is 2.13. The molecule has 3 N–H and O–H groups in total. The molecular weight excluding hydrogens is 256 g/mol. The lowest BCUT2D eigenvalue weighted by Gasteiger charge is -2.09. The van der Waals surface area contributed by atoms with Crippen molar-refractivity contribution < 1.29 is 14.6 Å². The molecule has 0 saturated carbocycles. The highest BCUT2D eigenvalue weighted by molar-refractivity contribution is 5.89. The van der Waals surface area contributed by atoms with Crippen molar-refractivity contribution in [2.24, 2.45) is 0 Å². The Morgan fingerprint density at radius 1 is 1.05 bits per heavy atom. The predicted octanol–water partition coefficient (Wildman–Crippen LogP) is 2.59. The second-order valence-electron chi connectivity index (χ2n) is 4.09. The number of ether oxygens (including phenoxy) is 1. The summed E-state index contributed by atoms with van der Waals surface area (Å²) >= 11 is 0. The summed E-state index contributed by atoms with van der Waals surface area (Å²) in [6.45, 7) is 0.797. The van der Waals surface area contributed by atoms with E-state index >= 15 is 0 Å². The van der Waals surface area contributed by atoms with Gasteiger partial charge in [-0.15, -0.1) is 0 Å². The minimum atomic E-state index is -0.313. The van der Waals surface area contributed by atoms with Gasteiger partial charge in [-0.05, 0) is 36.4 Å². The highest BCUT2D eigenvalue weighted by Gasteiger charge is 2.01. The smallest absolute Gasteiger partial charge is 0.319 e. The molecule has 0 aliphatic rings. The van der Waals surface area contributed by atoms with Crippen LogP contribution in [0.1, 0.15) is 0 Å². The van der Waals surface area contributed by atoms with Gasteiger partial charge in [-0.25, -0.2) is 4.79 Å². The molecule has 2 aromatic carbocycles. The molecule has 5 nitrogen and oxygen atoms in total. The molecule has 0 spiro atoms. The number of benzene rings is 2. The Hall–Kier alpha value is -2.69. The fourth-order valence-electron chi connectivity index (χ4n) is 1.57. The first kappa shape index (κ1) is 13.7. The summed E-state index contributed by atoms with van der Waals surface area (Å²) in [6.07, 6.45) is 0. The number of anilines is 1. The molecule has 0 heterocycles. The number of hydrogen-bond acceptors (Lipinski definition) is 3. The molecule has 0 aliphatic carbocycles. The molecule has 20 heavy (non-hydrogen) atoms. The molecule has 2 rings (SSSR count). The summed E-state index contributed by atoms with van der Waals surface area (Å²) in [4.78, 5) is 11.6. The molecule has 0 atom stereocenters. The summed E-state index contributed by atoms with van der Waals surface area (Å²) in [6, 6.07) is 15.4. The van der Waals surface area contributed by atoms with Crippen LogP contribution in [0.4, 0.5) is 10.5 Å². The number of carbonyl (C=O) groups is 1. The van der Waals surface area contributed by atoms with E-state index in [2.05, 4.69) is 10.6 Å². The highest BCUT2D eigenvalue weighted by atomic mass is 16.5. The van der Waals surface area contributed by atoms with Crippen LogP contribution in [0.5, 0.6) is 11.5 Å². The zero-order valence-electron chi connectivity index (χ0n) is 10.9. The van der Waals surface area contributed by atoms with Gasteiger partial charge < -0.3 is 20.5 Å². The van der Waals surface area contributed by atoms with Crippen molar-refractivity contribution in [3.8, 4) is 11.5 Å². The Labute approximate surface area is 117 Å². The van der Waals surface area contributed by atoms with E-state index in [1.54, 1.807) is 12.1 Å². The summed E-state index contributed by atoms with van der Waals surface area (Å²) in [5.74, 6) is 0.931. The first-order chi connectivity index (χ1) is 9.74. The van der Waals surface area contributed by atoms with Gasteiger partial charge in [0.05, 0.1) is 6.54 Å². The van der Waals surface area contributed by atoms with Crippen LogP contribution in [0.3, 0.4) is 0 Å². The second-order valence-corrected chi connectivity index (χ2v) is 4.09. The number of amides is 2. The van der Waals surface area contributed by atoms with E-state index in [9.17, 15) is 4.79 Å². The lowest BCUT2D eigenvalue weighted by Crippen LogP contribution is -2.32. The number of phenolic OH excluding ortho intramolecular Hbond substituents is 1. The maximum atomic E-state index is 11.6. The first-order valence-corrected chi connectivity index (χ1v) is 6.26. The van der Waals surface area contributed by atoms with E-state index in [0.29, 0.717) is 18.8 Å². The van der Waals surface area contributed by atoms with Gasteiger partial charge in [0.1, 0.15) is 18.1 Å². The topological polar surface area (TPSA) is 70.6 Å². The van der Waals surface area contributed by atoms with Crippen LogP contribution in [0.25, 0.3) is 0 Å². The van der Waals surface area contributed by atoms with Crippen molar-refractivity contribution in [2.45, 2.75) is 0 Å². The molecule has 0 aromatic heterocycles. The monoisotopic (exact) mass is 272 g/mol. The third-order valence-electron chi connectivity index (χ3n) is 2.52. The quantitative estimate of drug-likeness (QED) is 0.578. The number of urea groups is 1. The van der Waals surface area contributed by atoms with Gasteiger partial charge >= 0.3 is 6.03 Å². The number of hydrogen-bond donors (Lipinski definition) is 3. The van der Waals surface area contributed by atoms with Gasteiger partial charge in [-0.1, -0.05) is 18.2 Å². The Morgan fingerprint density at radius 3 is 2.45 bits per heavy atom. The number of para-hydroxylation sites is 1. The summed E-state index contributed by atoms with van der Waals surface area (Å²) in [7, 11) is 0. The van der Waals surface area contributed by atoms with E-state index in [1.165, 1.54) is 12.1 Å². The summed E-state index contributed by atoms with van der Waals surface area (Å²) in [5, 5.41) is 14.5. The Kier molecular flexibility index (Phi) is 4.83. The number of nitrogens with one attached hydrogen (secondary N) is 2. The number of rotatable bonds is 5. The van der Waals surface area contributed by atoms with Crippen LogP contribution >= 0.6 is 0 Å². The standard InChI is InChI=1S/C15H16N2O3/c18-13-8-6-12(7-9-13)17-15(19)16-10-11-20-14-4-2-1-3-5-14/h1-9,18H,10-11H2,(H2,16,17,19). The van der Waals surface area contributed by atoms with E-state index in [0.717, 1.165) is 5.75 Å². The molecule has 104 valence electrons. The van der Waals surface area contributed by atoms with Crippen molar-refractivity contribution in [3.63, 3.8) is 0 Å². The van der Waals surface area contributed by atoms with Crippen LogP contribution < -0.4 is 15.4 Å². The normalized spacial score (nSPS) is 9.80. The fourth-order valence-corrected chi connectivity index (χ4v) is 1.57. The van der Waals surface area contributed by atoms with Gasteiger partial charge in [0.25, 0.3) is 0 Å². The van der Waals surface area contributed by atoms with Crippen molar-refractivity contribution in [1.82, 2.24) is 5.32 Å². The lowest BCUT2D eigenvalue weighted by molar-refractivity contribution is 0.247.